The van der Waals surface area contributed by atoms with Crippen LogP contribution in [0.4, 0.5) is 34.1 Å². The average Bonchev–Trinajstić information content (AvgIpc) is 3.27. The first-order valence-electron chi connectivity index (χ1n) is 20.5. The van der Waals surface area contributed by atoms with Gasteiger partial charge in [-0.15, -0.1) is 43.7 Å². The number of fused-ring (bicyclic) bond motifs is 2. The van der Waals surface area contributed by atoms with Gasteiger partial charge in [0.2, 0.25) is 0 Å². The predicted octanol–water partition coefficient (Wildman–Crippen LogP) is 14.0. The van der Waals surface area contributed by atoms with Crippen molar-refractivity contribution in [2.45, 2.75) is 52.3 Å². The number of hydrogen-bond donors (Lipinski definition) is 6. The summed E-state index contributed by atoms with van der Waals surface area (Å²) in [6.45, 7) is 10.2. The Morgan fingerprint density at radius 1 is 0.485 bits per heavy atom. The van der Waals surface area contributed by atoms with Gasteiger partial charge in [-0.05, 0) is 111 Å². The van der Waals surface area contributed by atoms with E-state index in [2.05, 4.69) is 31.1 Å². The van der Waals surface area contributed by atoms with E-state index in [4.69, 9.17) is 23.2 Å². The molecule has 2 amide bonds. The number of carbonyl (C=O) groups is 4. The molecule has 7 aromatic rings. The van der Waals surface area contributed by atoms with Crippen molar-refractivity contribution < 1.29 is 39.6 Å². The second-order valence-electron chi connectivity index (χ2n) is 15.7. The minimum Gasteiger partial charge on any atom is -0.505 e. The highest BCUT2D eigenvalue weighted by atomic mass is 35.5. The summed E-state index contributed by atoms with van der Waals surface area (Å²) in [5, 5.41) is 66.8. The number of azo groups is 2. The van der Waals surface area contributed by atoms with Crippen LogP contribution < -0.4 is 10.6 Å². The lowest BCUT2D eigenvalue weighted by atomic mass is 9.99. The zero-order chi connectivity index (χ0) is 47.7. The molecule has 0 bridgehead atoms. The molecule has 0 saturated carbocycles. The first kappa shape index (κ1) is 46.3. The normalized spacial score (nSPS) is 12.5. The van der Waals surface area contributed by atoms with E-state index in [1.807, 2.05) is 0 Å². The molecule has 334 valence electrons. The highest BCUT2D eigenvalue weighted by molar-refractivity contribution is 6.22. The van der Waals surface area contributed by atoms with Gasteiger partial charge in [-0.2, -0.15) is 0 Å². The van der Waals surface area contributed by atoms with Crippen LogP contribution in [-0.2, 0) is 0 Å². The number of amides is 2. The van der Waals surface area contributed by atoms with Crippen LogP contribution in [-0.4, -0.2) is 44.2 Å². The first-order chi connectivity index (χ1) is 31.4. The predicted molar refractivity (Wildman–Crippen MR) is 256 cm³/mol. The molecule has 0 radical (unpaired) electrons. The number of nitrogens with zero attached hydrogens (tertiary/aromatic N) is 4. The number of alkyl halides is 2. The van der Waals surface area contributed by atoms with Crippen molar-refractivity contribution >= 4 is 103 Å². The molecule has 0 spiro atoms. The van der Waals surface area contributed by atoms with E-state index in [1.54, 1.807) is 114 Å². The third-order valence-electron chi connectivity index (χ3n) is 11.1. The van der Waals surface area contributed by atoms with Crippen molar-refractivity contribution in [2.24, 2.45) is 20.5 Å². The van der Waals surface area contributed by atoms with Crippen LogP contribution >= 0.6 is 23.2 Å². The van der Waals surface area contributed by atoms with Gasteiger partial charge in [-0.3, -0.25) is 9.59 Å². The Morgan fingerprint density at radius 3 is 1.18 bits per heavy atom. The van der Waals surface area contributed by atoms with E-state index in [0.29, 0.717) is 55.2 Å². The zero-order valence-electron chi connectivity index (χ0n) is 36.4. The molecule has 2 atom stereocenters. The maximum absolute atomic E-state index is 14.0. The Bertz CT molecular complexity index is 3020. The van der Waals surface area contributed by atoms with Crippen molar-refractivity contribution in [3.05, 3.63) is 153 Å². The third kappa shape index (κ3) is 9.01. The lowest BCUT2D eigenvalue weighted by molar-refractivity contribution is 0.0685. The molecule has 0 fully saturated rings. The van der Waals surface area contributed by atoms with Crippen molar-refractivity contribution in [2.75, 3.05) is 10.6 Å². The SMILES string of the molecule is Cc1cc(NC(=O)c2cc3ccccc3c(/N=N\c3c(C)ccc(C(=O)O)c3C(C)Cl)c2O)c(C)cc1NC(=O)c1cc2ccccc2c(/N=N\c2c(C)ccc(C(=O)O)c2C(C)Cl)c1O. The number of anilines is 2. The molecule has 66 heavy (non-hydrogen) atoms. The number of carboxylic acid groups (broad SMARTS) is 2. The molecule has 0 aliphatic carbocycles. The monoisotopic (exact) mass is 924 g/mol. The van der Waals surface area contributed by atoms with Crippen LogP contribution in [0.2, 0.25) is 0 Å². The third-order valence-corrected chi connectivity index (χ3v) is 11.6. The van der Waals surface area contributed by atoms with E-state index in [9.17, 15) is 39.6 Å². The number of aryl methyl sites for hydroxylation is 4. The second-order valence-corrected chi connectivity index (χ2v) is 17.0. The molecule has 7 aromatic carbocycles. The Kier molecular flexibility index (Phi) is 13.2. The Hall–Kier alpha value is -7.68. The molecule has 7 rings (SSSR count). The highest BCUT2D eigenvalue weighted by Gasteiger charge is 2.25. The molecule has 0 aromatic heterocycles. The van der Waals surface area contributed by atoms with Gasteiger partial charge in [0.1, 0.15) is 11.4 Å². The fraction of sp³-hybridized carbons (Fsp3) is 0.160. The van der Waals surface area contributed by atoms with Gasteiger partial charge >= 0.3 is 11.9 Å². The van der Waals surface area contributed by atoms with Crippen molar-refractivity contribution in [3.8, 4) is 11.5 Å². The number of phenolic OH excluding ortho intramolecular Hbond substituents is 2. The lowest BCUT2D eigenvalue weighted by Crippen LogP contribution is -2.15. The number of halogens is 2. The summed E-state index contributed by atoms with van der Waals surface area (Å²) in [5.41, 5.74) is 3.65. The maximum atomic E-state index is 14.0. The topological polar surface area (TPSA) is 223 Å². The summed E-state index contributed by atoms with van der Waals surface area (Å²) in [5.74, 6) is -4.64. The van der Waals surface area contributed by atoms with E-state index in [-0.39, 0.29) is 56.1 Å². The zero-order valence-corrected chi connectivity index (χ0v) is 37.9. The van der Waals surface area contributed by atoms with Gasteiger partial charge in [0.05, 0.1) is 44.4 Å². The summed E-state index contributed by atoms with van der Waals surface area (Å²) < 4.78 is 0. The van der Waals surface area contributed by atoms with Gasteiger partial charge in [0.15, 0.2) is 11.5 Å². The van der Waals surface area contributed by atoms with Gasteiger partial charge in [0.25, 0.3) is 11.8 Å². The Morgan fingerprint density at radius 2 is 0.833 bits per heavy atom. The standard InChI is InChI=1S/C50H42Cl2N6O8/c1-23-15-17-33(49(63)64)39(27(5)51)41(23)55-57-43-31-13-9-7-11-29(31)21-35(45(43)59)47(61)53-37-19-26(4)38(20-25(37)3)54-48(62)36-22-30-12-8-10-14-32(30)44(46(36)60)58-56-42-24(2)16-18-34(50(65)66)40(42)28(6)52/h7-22,27-28,59-60H,1-6H3,(H,53,61)(H,54,62)(H,63,64)(H,65,66)/b57-55-,58-56-. The number of rotatable bonds is 12. The van der Waals surface area contributed by atoms with Crippen molar-refractivity contribution in [3.63, 3.8) is 0 Å². The van der Waals surface area contributed by atoms with Crippen molar-refractivity contribution in [1.82, 2.24) is 0 Å². The first-order valence-corrected chi connectivity index (χ1v) is 21.3. The molecular formula is C50H42Cl2N6O8. The van der Waals surface area contributed by atoms with E-state index < -0.39 is 46.0 Å². The minimum atomic E-state index is -1.18. The summed E-state index contributed by atoms with van der Waals surface area (Å²) in [6.07, 6.45) is 0. The molecule has 0 aliphatic rings. The largest absolute Gasteiger partial charge is 0.505 e. The molecular weight excluding hydrogens is 883 g/mol. The van der Waals surface area contributed by atoms with Gasteiger partial charge in [0, 0.05) is 33.3 Å². The van der Waals surface area contributed by atoms with Gasteiger partial charge in [-0.1, -0.05) is 60.7 Å². The number of carboxylic acids is 2. The molecule has 0 saturated heterocycles. The lowest BCUT2D eigenvalue weighted by Gasteiger charge is -2.16. The molecule has 14 nitrogen and oxygen atoms in total. The van der Waals surface area contributed by atoms with E-state index in [0.717, 1.165) is 0 Å². The Labute approximate surface area is 388 Å². The van der Waals surface area contributed by atoms with Crippen molar-refractivity contribution in [1.29, 1.82) is 0 Å². The fourth-order valence-electron chi connectivity index (χ4n) is 7.73. The van der Waals surface area contributed by atoms with Gasteiger partial charge < -0.3 is 31.1 Å². The molecule has 16 heteroatoms. The summed E-state index contributed by atoms with van der Waals surface area (Å²) >= 11 is 12.9. The summed E-state index contributed by atoms with van der Waals surface area (Å²) in [4.78, 5) is 52.1. The molecule has 2 unspecified atom stereocenters. The number of aromatic carboxylic acids is 2. The van der Waals surface area contributed by atoms with Crippen LogP contribution in [0, 0.1) is 27.7 Å². The Balaban J connectivity index is 1.19. The number of hydrogen-bond acceptors (Lipinski definition) is 10. The summed E-state index contributed by atoms with van der Waals surface area (Å²) in [6, 6.07) is 26.3. The maximum Gasteiger partial charge on any atom is 0.336 e. The van der Waals surface area contributed by atoms with Gasteiger partial charge in [-0.25, -0.2) is 9.59 Å². The van der Waals surface area contributed by atoms with E-state index in [1.165, 1.54) is 24.3 Å². The number of carbonyl (C=O) groups excluding carboxylic acids is 2. The number of phenols is 2. The number of aromatic hydroxyl groups is 2. The summed E-state index contributed by atoms with van der Waals surface area (Å²) in [7, 11) is 0. The van der Waals surface area contributed by atoms with Crippen LogP contribution in [0.3, 0.4) is 0 Å². The number of nitrogens with one attached hydrogen (secondary N) is 2. The molecule has 6 N–H and O–H groups in total. The molecule has 0 heterocycles. The fourth-order valence-corrected chi connectivity index (χ4v) is 8.17. The van der Waals surface area contributed by atoms with Crippen LogP contribution in [0.1, 0.15) is 99.4 Å². The highest BCUT2D eigenvalue weighted by Crippen LogP contribution is 2.44. The minimum absolute atomic E-state index is 0.0174. The van der Waals surface area contributed by atoms with Crippen LogP contribution in [0.15, 0.2) is 118 Å². The molecule has 0 aliphatic heterocycles. The number of benzene rings is 7. The second kappa shape index (κ2) is 18.8. The van der Waals surface area contributed by atoms with Crippen LogP contribution in [0.25, 0.3) is 21.5 Å². The van der Waals surface area contributed by atoms with E-state index >= 15 is 0 Å². The quantitative estimate of drug-likeness (QED) is 0.0509. The smallest absolute Gasteiger partial charge is 0.336 e. The van der Waals surface area contributed by atoms with Crippen LogP contribution in [0.5, 0.6) is 11.5 Å². The average molecular weight is 926 g/mol.